The van der Waals surface area contributed by atoms with Crippen LogP contribution in [0, 0.1) is 17.8 Å². The first kappa shape index (κ1) is 22.3. The second-order valence-electron chi connectivity index (χ2n) is 10.6. The molecule has 31 heavy (non-hydrogen) atoms. The molecule has 4 rings (SSSR count). The smallest absolute Gasteiger partial charge is 0.259 e. The van der Waals surface area contributed by atoms with E-state index in [9.17, 15) is 4.79 Å². The second kappa shape index (κ2) is 8.24. The summed E-state index contributed by atoms with van der Waals surface area (Å²) in [5.74, 6) is 0.610. The Hall–Kier alpha value is -1.86. The lowest BCUT2D eigenvalue weighted by atomic mass is 9.77. The molecule has 0 aromatic carbocycles. The molecule has 2 aliphatic heterocycles. The third kappa shape index (κ3) is 4.67. The van der Waals surface area contributed by atoms with E-state index in [-0.39, 0.29) is 5.91 Å². The fourth-order valence-electron chi connectivity index (χ4n) is 4.81. The molecule has 2 aliphatic rings. The van der Waals surface area contributed by atoms with Crippen LogP contribution >= 0.6 is 11.6 Å². The Morgan fingerprint density at radius 3 is 2.52 bits per heavy atom. The quantitative estimate of drug-likeness (QED) is 0.694. The predicted octanol–water partition coefficient (Wildman–Crippen LogP) is 4.40. The van der Waals surface area contributed by atoms with E-state index in [1.54, 1.807) is 13.1 Å². The largest absolute Gasteiger partial charge is 0.361 e. The summed E-state index contributed by atoms with van der Waals surface area (Å²) < 4.78 is 6.72. The van der Waals surface area contributed by atoms with Gasteiger partial charge in [0.2, 0.25) is 0 Å². The first-order valence-corrected chi connectivity index (χ1v) is 11.6. The molecule has 170 valence electrons. The maximum Gasteiger partial charge on any atom is 0.259 e. The van der Waals surface area contributed by atoms with Crippen molar-refractivity contribution >= 4 is 17.5 Å². The van der Waals surface area contributed by atoms with Gasteiger partial charge in [-0.1, -0.05) is 37.5 Å². The monoisotopic (exact) mass is 447 g/mol. The minimum absolute atomic E-state index is 0.0637. The Bertz CT molecular complexity index is 950. The molecule has 7 nitrogen and oxygen atoms in total. The number of piperidine rings is 1. The van der Waals surface area contributed by atoms with E-state index in [2.05, 4.69) is 35.9 Å². The van der Waals surface area contributed by atoms with E-state index in [1.165, 1.54) is 30.6 Å². The summed E-state index contributed by atoms with van der Waals surface area (Å²) in [7, 11) is 1.74. The predicted molar refractivity (Wildman–Crippen MR) is 121 cm³/mol. The van der Waals surface area contributed by atoms with Gasteiger partial charge in [0.1, 0.15) is 27.9 Å². The third-order valence-corrected chi connectivity index (χ3v) is 7.30. The first-order chi connectivity index (χ1) is 14.6. The first-order valence-electron chi connectivity index (χ1n) is 11.2. The average Bonchev–Trinajstić information content (AvgIpc) is 3.39. The van der Waals surface area contributed by atoms with Gasteiger partial charge in [0.15, 0.2) is 0 Å². The molecule has 0 radical (unpaired) electrons. The highest BCUT2D eigenvalue weighted by molar-refractivity contribution is 6.33. The van der Waals surface area contributed by atoms with E-state index in [1.807, 2.05) is 11.8 Å². The molecular weight excluding hydrogens is 414 g/mol. The summed E-state index contributed by atoms with van der Waals surface area (Å²) in [4.78, 5) is 18.0. The van der Waals surface area contributed by atoms with Crippen LogP contribution in [0.2, 0.25) is 5.15 Å². The molecule has 1 amide bonds. The molecule has 2 aromatic heterocycles. The summed E-state index contributed by atoms with van der Waals surface area (Å²) in [6.07, 6.45) is 4.54. The van der Waals surface area contributed by atoms with Crippen LogP contribution in [0.1, 0.15) is 62.6 Å². The minimum atomic E-state index is -0.0637. The molecule has 0 saturated carbocycles. The zero-order valence-corrected chi connectivity index (χ0v) is 20.1. The Kier molecular flexibility index (Phi) is 5.94. The van der Waals surface area contributed by atoms with Crippen LogP contribution in [-0.2, 0) is 7.05 Å². The van der Waals surface area contributed by atoms with Crippen LogP contribution in [0.3, 0.4) is 0 Å². The number of rotatable bonds is 4. The molecule has 0 atom stereocenters. The number of hydrogen-bond acceptors (Lipinski definition) is 5. The number of amides is 1. The lowest BCUT2D eigenvalue weighted by molar-refractivity contribution is 0.0587. The molecule has 1 spiro atoms. The van der Waals surface area contributed by atoms with E-state index in [0.717, 1.165) is 32.5 Å². The van der Waals surface area contributed by atoms with Crippen molar-refractivity contribution in [1.82, 2.24) is 24.7 Å². The van der Waals surface area contributed by atoms with Crippen LogP contribution in [0.15, 0.2) is 10.6 Å². The number of halogens is 1. The summed E-state index contributed by atoms with van der Waals surface area (Å²) in [6, 6.07) is 1.78. The van der Waals surface area contributed by atoms with Crippen molar-refractivity contribution in [2.75, 3.05) is 32.7 Å². The fraction of sp³-hybridized carbons (Fsp3) is 0.696. The van der Waals surface area contributed by atoms with Gasteiger partial charge < -0.3 is 14.3 Å². The standard InChI is InChI=1S/C23H34ClN5O2/c1-16-14-17(26-31-16)19-18(20(24)27(5)25-19)21(30)29-12-8-23(9-13-29)7-11-28(15-23)10-6-22(2,3)4/h14H,6-13,15H2,1-5H3. The zero-order valence-electron chi connectivity index (χ0n) is 19.4. The highest BCUT2D eigenvalue weighted by Crippen LogP contribution is 2.41. The van der Waals surface area contributed by atoms with Gasteiger partial charge in [0.25, 0.3) is 5.91 Å². The maximum atomic E-state index is 13.4. The van der Waals surface area contributed by atoms with Crippen molar-refractivity contribution in [2.24, 2.45) is 17.9 Å². The molecule has 0 aliphatic carbocycles. The van der Waals surface area contributed by atoms with Crippen molar-refractivity contribution in [1.29, 1.82) is 0 Å². The lowest BCUT2D eigenvalue weighted by Gasteiger charge is -2.39. The normalized spacial score (nSPS) is 19.5. The molecule has 2 fully saturated rings. The van der Waals surface area contributed by atoms with Crippen molar-refractivity contribution in [3.8, 4) is 11.4 Å². The Labute approximate surface area is 189 Å². The molecule has 0 bridgehead atoms. The molecule has 2 saturated heterocycles. The summed E-state index contributed by atoms with van der Waals surface area (Å²) in [5, 5.41) is 8.83. The van der Waals surface area contributed by atoms with Gasteiger partial charge in [0.05, 0.1) is 0 Å². The van der Waals surface area contributed by atoms with Crippen molar-refractivity contribution < 1.29 is 9.32 Å². The van der Waals surface area contributed by atoms with Gasteiger partial charge in [-0.3, -0.25) is 9.48 Å². The van der Waals surface area contributed by atoms with E-state index in [0.29, 0.717) is 38.7 Å². The number of carbonyl (C=O) groups is 1. The number of carbonyl (C=O) groups excluding carboxylic acids is 1. The summed E-state index contributed by atoms with van der Waals surface area (Å²) in [5.41, 5.74) is 2.17. The third-order valence-electron chi connectivity index (χ3n) is 6.87. The number of likely N-dealkylation sites (tertiary alicyclic amines) is 2. The number of hydrogen-bond donors (Lipinski definition) is 0. The van der Waals surface area contributed by atoms with Gasteiger partial charge in [-0.2, -0.15) is 5.10 Å². The highest BCUT2D eigenvalue weighted by Gasteiger charge is 2.42. The SMILES string of the molecule is Cc1cc(-c2nn(C)c(Cl)c2C(=O)N2CCC3(CCN(CCC(C)(C)C)C3)CC2)no1. The summed E-state index contributed by atoms with van der Waals surface area (Å²) in [6.45, 7) is 13.8. The number of aromatic nitrogens is 3. The second-order valence-corrected chi connectivity index (χ2v) is 10.9. The Morgan fingerprint density at radius 2 is 1.90 bits per heavy atom. The van der Waals surface area contributed by atoms with Crippen LogP contribution in [-0.4, -0.2) is 63.4 Å². The topological polar surface area (TPSA) is 67.4 Å². The Morgan fingerprint density at radius 1 is 1.23 bits per heavy atom. The van der Waals surface area contributed by atoms with Gasteiger partial charge in [-0.25, -0.2) is 0 Å². The summed E-state index contributed by atoms with van der Waals surface area (Å²) >= 11 is 6.48. The molecule has 2 aromatic rings. The van der Waals surface area contributed by atoms with Crippen LogP contribution < -0.4 is 0 Å². The van der Waals surface area contributed by atoms with E-state index >= 15 is 0 Å². The van der Waals surface area contributed by atoms with Crippen molar-refractivity contribution in [3.05, 3.63) is 22.5 Å². The van der Waals surface area contributed by atoms with Crippen molar-refractivity contribution in [2.45, 2.75) is 53.4 Å². The molecule has 4 heterocycles. The molecular formula is C23H34ClN5O2. The van der Waals surface area contributed by atoms with Crippen molar-refractivity contribution in [3.63, 3.8) is 0 Å². The van der Waals surface area contributed by atoms with Gasteiger partial charge >= 0.3 is 0 Å². The minimum Gasteiger partial charge on any atom is -0.361 e. The van der Waals surface area contributed by atoms with E-state index < -0.39 is 0 Å². The number of nitrogens with zero attached hydrogens (tertiary/aromatic N) is 5. The van der Waals surface area contributed by atoms with Crippen LogP contribution in [0.5, 0.6) is 0 Å². The van der Waals surface area contributed by atoms with Crippen LogP contribution in [0.25, 0.3) is 11.4 Å². The van der Waals surface area contributed by atoms with Crippen LogP contribution in [0.4, 0.5) is 0 Å². The average molecular weight is 448 g/mol. The molecule has 0 N–H and O–H groups in total. The van der Waals surface area contributed by atoms with Gasteiger partial charge in [0, 0.05) is 32.7 Å². The van der Waals surface area contributed by atoms with Gasteiger partial charge in [-0.05, 0) is 56.5 Å². The lowest BCUT2D eigenvalue weighted by Crippen LogP contribution is -2.44. The zero-order chi connectivity index (χ0) is 22.4. The maximum absolute atomic E-state index is 13.4. The Balaban J connectivity index is 1.43. The van der Waals surface area contributed by atoms with Gasteiger partial charge in [-0.15, -0.1) is 0 Å². The fourth-order valence-corrected chi connectivity index (χ4v) is 5.02. The van der Waals surface area contributed by atoms with E-state index in [4.69, 9.17) is 16.1 Å². The highest BCUT2D eigenvalue weighted by atomic mass is 35.5. The molecule has 0 unspecified atom stereocenters. The number of aryl methyl sites for hydroxylation is 2. The molecule has 8 heteroatoms.